The Balaban J connectivity index is 1.44. The van der Waals surface area contributed by atoms with Crippen molar-refractivity contribution in [3.63, 3.8) is 0 Å². The number of halogens is 3. The van der Waals surface area contributed by atoms with Crippen LogP contribution in [0, 0.1) is 23.7 Å². The number of carbonyl (C=O) groups is 1. The van der Waals surface area contributed by atoms with E-state index in [2.05, 4.69) is 6.92 Å². The molecule has 2 aliphatic carbocycles. The highest BCUT2D eigenvalue weighted by molar-refractivity contribution is 5.75. The van der Waals surface area contributed by atoms with Gasteiger partial charge in [0.25, 0.3) is 0 Å². The van der Waals surface area contributed by atoms with Gasteiger partial charge in [-0.2, -0.15) is 13.2 Å². The van der Waals surface area contributed by atoms with Crippen LogP contribution >= 0.6 is 0 Å². The molecule has 0 amide bonds. The van der Waals surface area contributed by atoms with Crippen LogP contribution in [0.3, 0.4) is 0 Å². The average Bonchev–Trinajstić information content (AvgIpc) is 2.69. The molecule has 0 atom stereocenters. The maximum absolute atomic E-state index is 12.6. The summed E-state index contributed by atoms with van der Waals surface area (Å²) in [5, 5.41) is 0. The lowest BCUT2D eigenvalue weighted by molar-refractivity contribution is -0.140. The van der Waals surface area contributed by atoms with E-state index < -0.39 is 11.7 Å². The van der Waals surface area contributed by atoms with E-state index in [1.807, 2.05) is 0 Å². The van der Waals surface area contributed by atoms with Gasteiger partial charge >= 0.3 is 12.1 Å². The Hall–Kier alpha value is -1.52. The number of alkyl halides is 3. The van der Waals surface area contributed by atoms with Crippen molar-refractivity contribution in [2.24, 2.45) is 23.7 Å². The molecule has 2 nitrogen and oxygen atoms in total. The maximum atomic E-state index is 12.6. The van der Waals surface area contributed by atoms with E-state index in [4.69, 9.17) is 4.74 Å². The molecule has 0 bridgehead atoms. The van der Waals surface area contributed by atoms with Gasteiger partial charge in [0.2, 0.25) is 0 Å². The Labute approximate surface area is 165 Å². The quantitative estimate of drug-likeness (QED) is 0.395. The van der Waals surface area contributed by atoms with E-state index in [1.165, 1.54) is 50.7 Å². The van der Waals surface area contributed by atoms with Gasteiger partial charge in [-0.1, -0.05) is 32.6 Å². The number of hydrogen-bond acceptors (Lipinski definition) is 2. The van der Waals surface area contributed by atoms with E-state index >= 15 is 0 Å². The normalized spacial score (nSPS) is 28.7. The van der Waals surface area contributed by atoms with E-state index in [1.54, 1.807) is 0 Å². The average molecular weight is 396 g/mol. The molecule has 0 heterocycles. The van der Waals surface area contributed by atoms with Crippen molar-refractivity contribution in [2.45, 2.75) is 77.3 Å². The number of hydrogen-bond donors (Lipinski definition) is 0. The third-order valence-corrected chi connectivity index (χ3v) is 6.76. The Bertz CT molecular complexity index is 622. The second-order valence-electron chi connectivity index (χ2n) is 8.62. The van der Waals surface area contributed by atoms with Crippen LogP contribution in [0.5, 0.6) is 5.75 Å². The van der Waals surface area contributed by atoms with Crippen LogP contribution in [0.4, 0.5) is 13.2 Å². The molecule has 3 rings (SSSR count). The van der Waals surface area contributed by atoms with E-state index in [0.29, 0.717) is 0 Å². The first kappa shape index (κ1) is 21.2. The fourth-order valence-corrected chi connectivity index (χ4v) is 5.09. The zero-order valence-electron chi connectivity index (χ0n) is 16.6. The van der Waals surface area contributed by atoms with Crippen molar-refractivity contribution in [3.05, 3.63) is 29.8 Å². The van der Waals surface area contributed by atoms with Gasteiger partial charge in [0.1, 0.15) is 5.75 Å². The molecule has 156 valence electrons. The lowest BCUT2D eigenvalue weighted by Crippen LogP contribution is -2.30. The molecular formula is C23H31F3O2. The van der Waals surface area contributed by atoms with Crippen LogP contribution in [-0.4, -0.2) is 5.97 Å². The number of rotatable bonds is 5. The number of esters is 1. The second kappa shape index (κ2) is 9.32. The lowest BCUT2D eigenvalue weighted by Gasteiger charge is -2.37. The third kappa shape index (κ3) is 5.51. The minimum absolute atomic E-state index is 0.130. The summed E-state index contributed by atoms with van der Waals surface area (Å²) in [6, 6.07) is 4.35. The first-order valence-corrected chi connectivity index (χ1v) is 10.8. The van der Waals surface area contributed by atoms with Crippen molar-refractivity contribution in [1.29, 1.82) is 0 Å². The Morgan fingerprint density at radius 1 is 0.929 bits per heavy atom. The summed E-state index contributed by atoms with van der Waals surface area (Å²) < 4.78 is 43.2. The molecule has 2 fully saturated rings. The van der Waals surface area contributed by atoms with Gasteiger partial charge in [0.15, 0.2) is 0 Å². The van der Waals surface area contributed by atoms with Crippen LogP contribution in [0.15, 0.2) is 24.3 Å². The standard InChI is InChI=1S/C23H31F3O2/c1-2-3-16-4-6-17(7-5-16)18-8-10-19(11-9-18)22(27)28-21-14-12-20(13-15-21)23(24,25)26/h12-19H,2-11H2,1H3/t16-,17-,18-,19-. The summed E-state index contributed by atoms with van der Waals surface area (Å²) in [6.45, 7) is 2.26. The van der Waals surface area contributed by atoms with E-state index in [-0.39, 0.29) is 17.6 Å². The van der Waals surface area contributed by atoms with Crippen molar-refractivity contribution >= 4 is 5.97 Å². The van der Waals surface area contributed by atoms with Crippen LogP contribution < -0.4 is 4.74 Å². The molecule has 2 saturated carbocycles. The van der Waals surface area contributed by atoms with Crippen molar-refractivity contribution in [2.75, 3.05) is 0 Å². The highest BCUT2D eigenvalue weighted by Crippen LogP contribution is 2.42. The van der Waals surface area contributed by atoms with Gasteiger partial charge in [0, 0.05) is 0 Å². The smallest absolute Gasteiger partial charge is 0.416 e. The molecule has 1 aromatic rings. The molecule has 0 spiro atoms. The Morgan fingerprint density at radius 3 is 1.96 bits per heavy atom. The third-order valence-electron chi connectivity index (χ3n) is 6.76. The fourth-order valence-electron chi connectivity index (χ4n) is 5.09. The largest absolute Gasteiger partial charge is 0.426 e. The van der Waals surface area contributed by atoms with Crippen molar-refractivity contribution in [1.82, 2.24) is 0 Å². The van der Waals surface area contributed by atoms with Crippen LogP contribution in [-0.2, 0) is 11.0 Å². The molecule has 2 aliphatic rings. The van der Waals surface area contributed by atoms with Gasteiger partial charge in [-0.15, -0.1) is 0 Å². The molecule has 1 aromatic carbocycles. The zero-order valence-corrected chi connectivity index (χ0v) is 16.6. The van der Waals surface area contributed by atoms with Gasteiger partial charge in [-0.25, -0.2) is 0 Å². The molecule has 0 aromatic heterocycles. The highest BCUT2D eigenvalue weighted by atomic mass is 19.4. The monoisotopic (exact) mass is 396 g/mol. The Morgan fingerprint density at radius 2 is 1.46 bits per heavy atom. The lowest BCUT2D eigenvalue weighted by atomic mass is 9.69. The fraction of sp³-hybridized carbons (Fsp3) is 0.696. The van der Waals surface area contributed by atoms with Gasteiger partial charge in [-0.3, -0.25) is 4.79 Å². The minimum atomic E-state index is -4.38. The molecule has 0 aliphatic heterocycles. The highest BCUT2D eigenvalue weighted by Gasteiger charge is 2.34. The SMILES string of the molecule is CCC[C@H]1CC[C@H]([C@H]2CC[C@H](C(=O)Oc3ccc(C(F)(F)F)cc3)CC2)CC1. The predicted molar refractivity (Wildman–Crippen MR) is 103 cm³/mol. The Kier molecular flexibility index (Phi) is 7.05. The molecule has 0 radical (unpaired) electrons. The predicted octanol–water partition coefficient (Wildman–Crippen LogP) is 7.02. The summed E-state index contributed by atoms with van der Waals surface area (Å²) >= 11 is 0. The maximum Gasteiger partial charge on any atom is 0.416 e. The number of carbonyl (C=O) groups excluding carboxylic acids is 1. The van der Waals surface area contributed by atoms with E-state index in [0.717, 1.165) is 55.6 Å². The summed E-state index contributed by atoms with van der Waals surface area (Å²) in [6.07, 6.45) is 7.42. The van der Waals surface area contributed by atoms with Crippen LogP contribution in [0.1, 0.15) is 76.7 Å². The molecular weight excluding hydrogens is 365 g/mol. The van der Waals surface area contributed by atoms with Gasteiger partial charge in [-0.05, 0) is 80.5 Å². The molecule has 0 N–H and O–H groups in total. The summed E-state index contributed by atoms with van der Waals surface area (Å²) in [4.78, 5) is 12.4. The van der Waals surface area contributed by atoms with Gasteiger partial charge < -0.3 is 4.74 Å². The summed E-state index contributed by atoms with van der Waals surface area (Å²) in [7, 11) is 0. The first-order valence-electron chi connectivity index (χ1n) is 10.8. The zero-order chi connectivity index (χ0) is 20.1. The summed E-state index contributed by atoms with van der Waals surface area (Å²) in [5.74, 6) is 2.20. The van der Waals surface area contributed by atoms with Crippen LogP contribution in [0.25, 0.3) is 0 Å². The summed E-state index contributed by atoms with van der Waals surface area (Å²) in [5.41, 5.74) is -0.735. The van der Waals surface area contributed by atoms with Gasteiger partial charge in [0.05, 0.1) is 11.5 Å². The molecule has 5 heteroatoms. The molecule has 0 saturated heterocycles. The second-order valence-corrected chi connectivity index (χ2v) is 8.62. The van der Waals surface area contributed by atoms with Crippen LogP contribution in [0.2, 0.25) is 0 Å². The minimum Gasteiger partial charge on any atom is -0.426 e. The number of benzene rings is 1. The first-order chi connectivity index (χ1) is 13.4. The van der Waals surface area contributed by atoms with E-state index in [9.17, 15) is 18.0 Å². The topological polar surface area (TPSA) is 26.3 Å². The molecule has 28 heavy (non-hydrogen) atoms. The number of ether oxygens (including phenoxy) is 1. The van der Waals surface area contributed by atoms with Crippen molar-refractivity contribution in [3.8, 4) is 5.75 Å². The molecule has 0 unspecified atom stereocenters. The van der Waals surface area contributed by atoms with Crippen molar-refractivity contribution < 1.29 is 22.7 Å².